The second-order valence-electron chi connectivity index (χ2n) is 4.89. The van der Waals surface area contributed by atoms with Gasteiger partial charge in [0, 0.05) is 16.3 Å². The minimum absolute atomic E-state index is 0.859. The highest BCUT2D eigenvalue weighted by atomic mass is 16.5. The van der Waals surface area contributed by atoms with Crippen molar-refractivity contribution in [1.82, 2.24) is 4.98 Å². The number of benzene rings is 2. The fourth-order valence-electron chi connectivity index (χ4n) is 2.56. The molecule has 0 spiro atoms. The second kappa shape index (κ2) is 5.41. The van der Waals surface area contributed by atoms with Crippen LogP contribution in [0.3, 0.4) is 0 Å². The first-order valence-corrected chi connectivity index (χ1v) is 6.93. The van der Waals surface area contributed by atoms with E-state index < -0.39 is 0 Å². The Hall–Kier alpha value is -2.61. The van der Waals surface area contributed by atoms with Crippen LogP contribution in [0.25, 0.3) is 33.8 Å². The minimum Gasteiger partial charge on any atom is -0.497 e. The lowest BCUT2D eigenvalue weighted by molar-refractivity contribution is 0.415. The maximum absolute atomic E-state index is 5.29. The summed E-state index contributed by atoms with van der Waals surface area (Å²) in [6.45, 7) is 5.87. The number of ether oxygens (including phenoxy) is 1. The van der Waals surface area contributed by atoms with Crippen LogP contribution in [-0.2, 0) is 0 Å². The zero-order valence-corrected chi connectivity index (χ0v) is 12.3. The van der Waals surface area contributed by atoms with E-state index in [-0.39, 0.29) is 0 Å². The van der Waals surface area contributed by atoms with E-state index in [0.717, 1.165) is 38.7 Å². The maximum Gasteiger partial charge on any atom is 0.119 e. The van der Waals surface area contributed by atoms with Gasteiger partial charge in [-0.1, -0.05) is 30.9 Å². The summed E-state index contributed by atoms with van der Waals surface area (Å²) in [4.78, 5) is 4.82. The quantitative estimate of drug-likeness (QED) is 0.622. The van der Waals surface area contributed by atoms with Crippen molar-refractivity contribution >= 4 is 33.8 Å². The largest absolute Gasteiger partial charge is 0.497 e. The molecule has 0 radical (unpaired) electrons. The smallest absolute Gasteiger partial charge is 0.119 e. The van der Waals surface area contributed by atoms with Crippen LogP contribution in [0.2, 0.25) is 0 Å². The number of rotatable bonds is 3. The van der Waals surface area contributed by atoms with E-state index in [9.17, 15) is 0 Å². The molecule has 0 saturated heterocycles. The van der Waals surface area contributed by atoms with Crippen LogP contribution in [0.4, 0.5) is 0 Å². The molecule has 0 fully saturated rings. The Labute approximate surface area is 124 Å². The first-order chi connectivity index (χ1) is 10.3. The summed E-state index contributed by atoms with van der Waals surface area (Å²) < 4.78 is 5.29. The monoisotopic (exact) mass is 275 g/mol. The summed E-state index contributed by atoms with van der Waals surface area (Å²) in [7, 11) is 1.68. The van der Waals surface area contributed by atoms with Gasteiger partial charge >= 0.3 is 0 Å². The Morgan fingerprint density at radius 1 is 1.10 bits per heavy atom. The van der Waals surface area contributed by atoms with Crippen LogP contribution in [-0.4, -0.2) is 12.1 Å². The average molecular weight is 275 g/mol. The van der Waals surface area contributed by atoms with E-state index in [1.54, 1.807) is 7.11 Å². The van der Waals surface area contributed by atoms with E-state index in [4.69, 9.17) is 9.72 Å². The average Bonchev–Trinajstić information content (AvgIpc) is 2.53. The number of nitrogens with zero attached hydrogens (tertiary/aromatic N) is 1. The Morgan fingerprint density at radius 2 is 1.90 bits per heavy atom. The van der Waals surface area contributed by atoms with Crippen molar-refractivity contribution in [2.24, 2.45) is 0 Å². The molecule has 104 valence electrons. The molecule has 0 N–H and O–H groups in total. The fourth-order valence-corrected chi connectivity index (χ4v) is 2.56. The van der Waals surface area contributed by atoms with Gasteiger partial charge in [0.1, 0.15) is 5.75 Å². The molecule has 2 aromatic carbocycles. The van der Waals surface area contributed by atoms with Gasteiger partial charge in [-0.05, 0) is 42.7 Å². The number of hydrogen-bond acceptors (Lipinski definition) is 2. The maximum atomic E-state index is 5.29. The standard InChI is InChI=1S/C19H17NO/c1-4-6-18-13(5-2)11-15-8-7-14-12-16(21-3)9-10-17(14)19(15)20-18/h4-12H,2H2,1,3H3/b6-4+. The van der Waals surface area contributed by atoms with E-state index in [1.165, 1.54) is 0 Å². The van der Waals surface area contributed by atoms with Crippen LogP contribution in [0.15, 0.2) is 49.1 Å². The van der Waals surface area contributed by atoms with E-state index in [0.29, 0.717) is 0 Å². The van der Waals surface area contributed by atoms with Crippen molar-refractivity contribution in [3.05, 3.63) is 60.3 Å². The molecular weight excluding hydrogens is 258 g/mol. The van der Waals surface area contributed by atoms with Crippen molar-refractivity contribution in [3.8, 4) is 5.75 Å². The highest BCUT2D eigenvalue weighted by molar-refractivity contribution is 6.06. The van der Waals surface area contributed by atoms with Gasteiger partial charge in [-0.15, -0.1) is 0 Å². The highest BCUT2D eigenvalue weighted by Crippen LogP contribution is 2.29. The number of fused-ring (bicyclic) bond motifs is 3. The van der Waals surface area contributed by atoms with Crippen molar-refractivity contribution in [1.29, 1.82) is 0 Å². The first-order valence-electron chi connectivity index (χ1n) is 6.93. The molecule has 0 saturated carbocycles. The molecule has 0 aliphatic carbocycles. The van der Waals surface area contributed by atoms with Gasteiger partial charge in [-0.2, -0.15) is 0 Å². The Morgan fingerprint density at radius 3 is 2.62 bits per heavy atom. The normalized spacial score (nSPS) is 11.3. The predicted molar refractivity (Wildman–Crippen MR) is 90.6 cm³/mol. The fraction of sp³-hybridized carbons (Fsp3) is 0.105. The summed E-state index contributed by atoms with van der Waals surface area (Å²) >= 11 is 0. The lowest BCUT2D eigenvalue weighted by atomic mass is 10.0. The number of aromatic nitrogens is 1. The van der Waals surface area contributed by atoms with Crippen molar-refractivity contribution in [2.75, 3.05) is 7.11 Å². The van der Waals surface area contributed by atoms with Gasteiger partial charge in [-0.25, -0.2) is 4.98 Å². The molecule has 0 atom stereocenters. The summed E-state index contributed by atoms with van der Waals surface area (Å²) in [5.41, 5.74) is 3.01. The van der Waals surface area contributed by atoms with Gasteiger partial charge in [0.2, 0.25) is 0 Å². The summed E-state index contributed by atoms with van der Waals surface area (Å²) in [6.07, 6.45) is 5.86. The molecule has 3 rings (SSSR count). The van der Waals surface area contributed by atoms with Crippen molar-refractivity contribution in [2.45, 2.75) is 6.92 Å². The number of pyridine rings is 1. The summed E-state index contributed by atoms with van der Waals surface area (Å²) in [6, 6.07) is 12.4. The number of methoxy groups -OCH3 is 1. The zero-order valence-electron chi connectivity index (χ0n) is 12.3. The second-order valence-corrected chi connectivity index (χ2v) is 4.89. The Bertz CT molecular complexity index is 862. The topological polar surface area (TPSA) is 22.1 Å². The predicted octanol–water partition coefficient (Wildman–Crippen LogP) is 5.07. The Balaban J connectivity index is 2.37. The molecule has 1 aromatic heterocycles. The minimum atomic E-state index is 0.859. The molecule has 2 nitrogen and oxygen atoms in total. The van der Waals surface area contributed by atoms with Crippen LogP contribution in [0.5, 0.6) is 5.75 Å². The number of allylic oxidation sites excluding steroid dienone is 1. The van der Waals surface area contributed by atoms with Crippen LogP contribution in [0.1, 0.15) is 18.2 Å². The van der Waals surface area contributed by atoms with Crippen LogP contribution < -0.4 is 4.74 Å². The summed E-state index contributed by atoms with van der Waals surface area (Å²) in [5.74, 6) is 0.859. The molecule has 0 amide bonds. The van der Waals surface area contributed by atoms with Crippen LogP contribution in [0, 0.1) is 0 Å². The third kappa shape index (κ3) is 2.29. The molecule has 1 heterocycles. The molecule has 0 aliphatic rings. The lowest BCUT2D eigenvalue weighted by Crippen LogP contribution is -1.90. The zero-order chi connectivity index (χ0) is 14.8. The highest BCUT2D eigenvalue weighted by Gasteiger charge is 2.06. The van der Waals surface area contributed by atoms with Crippen LogP contribution >= 0.6 is 0 Å². The molecule has 2 heteroatoms. The SMILES string of the molecule is C=Cc1cc2ccc3cc(OC)ccc3c2nc1/C=C/C. The molecular formula is C19H17NO. The van der Waals surface area contributed by atoms with E-state index >= 15 is 0 Å². The van der Waals surface area contributed by atoms with Gasteiger partial charge in [-0.3, -0.25) is 0 Å². The van der Waals surface area contributed by atoms with Gasteiger partial charge in [0.15, 0.2) is 0 Å². The van der Waals surface area contributed by atoms with Gasteiger partial charge < -0.3 is 4.74 Å². The molecule has 3 aromatic rings. The van der Waals surface area contributed by atoms with Gasteiger partial charge in [0.05, 0.1) is 18.3 Å². The summed E-state index contributed by atoms with van der Waals surface area (Å²) in [5, 5.41) is 3.39. The first kappa shape index (κ1) is 13.4. The third-order valence-electron chi connectivity index (χ3n) is 3.61. The lowest BCUT2D eigenvalue weighted by Gasteiger charge is -2.08. The van der Waals surface area contributed by atoms with E-state index in [1.807, 2.05) is 37.3 Å². The molecule has 0 aliphatic heterocycles. The molecule has 21 heavy (non-hydrogen) atoms. The number of hydrogen-bond donors (Lipinski definition) is 0. The third-order valence-corrected chi connectivity index (χ3v) is 3.61. The van der Waals surface area contributed by atoms with Crippen molar-refractivity contribution in [3.63, 3.8) is 0 Å². The molecule has 0 bridgehead atoms. The molecule has 0 unspecified atom stereocenters. The van der Waals surface area contributed by atoms with Gasteiger partial charge in [0.25, 0.3) is 0 Å². The van der Waals surface area contributed by atoms with Crippen molar-refractivity contribution < 1.29 is 4.74 Å². The van der Waals surface area contributed by atoms with E-state index in [2.05, 4.69) is 30.8 Å². The Kier molecular flexibility index (Phi) is 3.44.